The first-order valence-electron chi connectivity index (χ1n) is 8.19. The molecule has 122 valence electrons. The van der Waals surface area contributed by atoms with Crippen molar-refractivity contribution in [1.29, 1.82) is 0 Å². The normalized spacial score (nSPS) is 10.7. The van der Waals surface area contributed by atoms with Crippen LogP contribution in [0.3, 0.4) is 0 Å². The van der Waals surface area contributed by atoms with E-state index in [-0.39, 0.29) is 0 Å². The lowest BCUT2D eigenvalue weighted by atomic mass is 10.1. The minimum absolute atomic E-state index is 0.646. The maximum Gasteiger partial charge on any atom is 0.194 e. The summed E-state index contributed by atoms with van der Waals surface area (Å²) in [5.41, 5.74) is 5.41. The molecule has 0 amide bonds. The van der Waals surface area contributed by atoms with Gasteiger partial charge in [0.15, 0.2) is 11.4 Å². The molecule has 0 saturated heterocycles. The minimum Gasteiger partial charge on any atom is -0.238 e. The summed E-state index contributed by atoms with van der Waals surface area (Å²) in [4.78, 5) is 6.98. The fourth-order valence-electron chi connectivity index (χ4n) is 2.52. The maximum atomic E-state index is 7.21. The van der Waals surface area contributed by atoms with Gasteiger partial charge in [-0.1, -0.05) is 91.0 Å². The summed E-state index contributed by atoms with van der Waals surface area (Å²) in [6.07, 6.45) is 8.02. The Kier molecular flexibility index (Phi) is 5.41. The van der Waals surface area contributed by atoms with Crippen molar-refractivity contribution in [1.82, 2.24) is 0 Å². The third kappa shape index (κ3) is 4.35. The Hall–Kier alpha value is -3.88. The van der Waals surface area contributed by atoms with Gasteiger partial charge in [0.2, 0.25) is 0 Å². The van der Waals surface area contributed by atoms with Crippen molar-refractivity contribution in [3.05, 3.63) is 118 Å². The summed E-state index contributed by atoms with van der Waals surface area (Å²) in [5, 5.41) is 0. The second kappa shape index (κ2) is 8.29. The predicted octanol–water partition coefficient (Wildman–Crippen LogP) is 7.13. The summed E-state index contributed by atoms with van der Waals surface area (Å²) in [7, 11) is 0. The van der Waals surface area contributed by atoms with Gasteiger partial charge in [-0.05, 0) is 28.3 Å². The van der Waals surface area contributed by atoms with Crippen molar-refractivity contribution < 1.29 is 0 Å². The standard InChI is InChI=1S/C24H16N2/c1-25-23-8-5-6-21(18-23)15-14-19-10-12-20(13-11-19)16-17-22-7-3-4-9-24(22)26-2/h3-18H/b15-14+,17-16+. The molecule has 0 atom stereocenters. The Morgan fingerprint density at radius 2 is 1.23 bits per heavy atom. The van der Waals surface area contributed by atoms with E-state index in [0.717, 1.165) is 22.3 Å². The largest absolute Gasteiger partial charge is 0.238 e. The number of hydrogen-bond acceptors (Lipinski definition) is 0. The molecule has 26 heavy (non-hydrogen) atoms. The molecule has 2 nitrogen and oxygen atoms in total. The second-order valence-corrected chi connectivity index (χ2v) is 5.71. The molecule has 0 saturated carbocycles. The van der Waals surface area contributed by atoms with Crippen molar-refractivity contribution in [3.8, 4) is 0 Å². The third-order valence-corrected chi connectivity index (χ3v) is 3.92. The molecule has 3 aromatic carbocycles. The van der Waals surface area contributed by atoms with Gasteiger partial charge in [-0.3, -0.25) is 0 Å². The van der Waals surface area contributed by atoms with Crippen LogP contribution in [0.15, 0.2) is 72.8 Å². The molecular weight excluding hydrogens is 316 g/mol. The smallest absolute Gasteiger partial charge is 0.194 e. The molecule has 0 heterocycles. The molecular formula is C24H16N2. The fourth-order valence-corrected chi connectivity index (χ4v) is 2.52. The predicted molar refractivity (Wildman–Crippen MR) is 110 cm³/mol. The lowest BCUT2D eigenvalue weighted by molar-refractivity contribution is 1.62. The van der Waals surface area contributed by atoms with E-state index in [2.05, 4.69) is 21.8 Å². The summed E-state index contributed by atoms with van der Waals surface area (Å²) in [6.45, 7) is 14.3. The van der Waals surface area contributed by atoms with Crippen LogP contribution in [0, 0.1) is 13.1 Å². The molecule has 2 heteroatoms. The fraction of sp³-hybridized carbons (Fsp3) is 0. The van der Waals surface area contributed by atoms with Crippen LogP contribution in [-0.4, -0.2) is 0 Å². The molecule has 0 fully saturated rings. The van der Waals surface area contributed by atoms with Gasteiger partial charge in [0.25, 0.3) is 0 Å². The van der Waals surface area contributed by atoms with Crippen molar-refractivity contribution in [3.63, 3.8) is 0 Å². The molecule has 3 aromatic rings. The molecule has 0 aliphatic heterocycles. The maximum absolute atomic E-state index is 7.21. The van der Waals surface area contributed by atoms with Crippen LogP contribution in [-0.2, 0) is 0 Å². The number of hydrogen-bond donors (Lipinski definition) is 0. The van der Waals surface area contributed by atoms with Crippen LogP contribution in [0.1, 0.15) is 22.3 Å². The average molecular weight is 332 g/mol. The van der Waals surface area contributed by atoms with Crippen molar-refractivity contribution in [2.24, 2.45) is 0 Å². The van der Waals surface area contributed by atoms with Crippen LogP contribution >= 0.6 is 0 Å². The van der Waals surface area contributed by atoms with Crippen molar-refractivity contribution in [2.45, 2.75) is 0 Å². The van der Waals surface area contributed by atoms with Crippen molar-refractivity contribution in [2.75, 3.05) is 0 Å². The molecule has 0 unspecified atom stereocenters. The zero-order valence-corrected chi connectivity index (χ0v) is 14.1. The van der Waals surface area contributed by atoms with Gasteiger partial charge in [-0.2, -0.15) is 0 Å². The Bertz CT molecular complexity index is 1040. The molecule has 3 rings (SSSR count). The lowest BCUT2D eigenvalue weighted by Crippen LogP contribution is -1.76. The zero-order chi connectivity index (χ0) is 18.2. The highest BCUT2D eigenvalue weighted by atomic mass is 14.6. The van der Waals surface area contributed by atoms with Gasteiger partial charge in [0.1, 0.15) is 0 Å². The van der Waals surface area contributed by atoms with E-state index in [0.29, 0.717) is 11.4 Å². The summed E-state index contributed by atoms with van der Waals surface area (Å²) >= 11 is 0. The Morgan fingerprint density at radius 1 is 0.577 bits per heavy atom. The zero-order valence-electron chi connectivity index (χ0n) is 14.1. The van der Waals surface area contributed by atoms with Gasteiger partial charge in [0, 0.05) is 0 Å². The SMILES string of the molecule is [C-]#[N+]c1cccc(/C=C/c2ccc(/C=C/c3ccccc3[N+]#[C-])cc2)c1. The number of benzene rings is 3. The van der Waals surface area contributed by atoms with Crippen LogP contribution in [0.5, 0.6) is 0 Å². The summed E-state index contributed by atoms with van der Waals surface area (Å²) in [5.74, 6) is 0. The van der Waals surface area contributed by atoms with Gasteiger partial charge in [-0.25, -0.2) is 9.69 Å². The van der Waals surface area contributed by atoms with Gasteiger partial charge in [0.05, 0.1) is 13.1 Å². The lowest BCUT2D eigenvalue weighted by Gasteiger charge is -1.99. The highest BCUT2D eigenvalue weighted by Crippen LogP contribution is 2.21. The van der Waals surface area contributed by atoms with E-state index in [1.54, 1.807) is 6.07 Å². The van der Waals surface area contributed by atoms with Crippen LogP contribution in [0.4, 0.5) is 11.4 Å². The van der Waals surface area contributed by atoms with Gasteiger partial charge >= 0.3 is 0 Å². The summed E-state index contributed by atoms with van der Waals surface area (Å²) < 4.78 is 0. The molecule has 0 radical (unpaired) electrons. The Morgan fingerprint density at radius 3 is 1.92 bits per heavy atom. The first kappa shape index (κ1) is 17.0. The number of para-hydroxylation sites is 1. The Balaban J connectivity index is 1.72. The van der Waals surface area contributed by atoms with E-state index in [4.69, 9.17) is 13.1 Å². The monoisotopic (exact) mass is 332 g/mol. The van der Waals surface area contributed by atoms with Crippen LogP contribution in [0.25, 0.3) is 34.0 Å². The molecule has 0 bridgehead atoms. The van der Waals surface area contributed by atoms with E-state index in [1.807, 2.05) is 78.9 Å². The average Bonchev–Trinajstić information content (AvgIpc) is 2.72. The van der Waals surface area contributed by atoms with E-state index >= 15 is 0 Å². The highest BCUT2D eigenvalue weighted by Gasteiger charge is 1.96. The molecule has 0 aliphatic carbocycles. The van der Waals surface area contributed by atoms with E-state index in [1.165, 1.54) is 0 Å². The molecule has 0 spiro atoms. The van der Waals surface area contributed by atoms with E-state index < -0.39 is 0 Å². The summed E-state index contributed by atoms with van der Waals surface area (Å²) in [6, 6.07) is 23.3. The number of rotatable bonds is 4. The minimum atomic E-state index is 0.646. The highest BCUT2D eigenvalue weighted by molar-refractivity contribution is 5.78. The van der Waals surface area contributed by atoms with Gasteiger partial charge in [-0.15, -0.1) is 0 Å². The quantitative estimate of drug-likeness (QED) is 0.355. The second-order valence-electron chi connectivity index (χ2n) is 5.71. The Labute approximate surface area is 154 Å². The molecule has 0 aromatic heterocycles. The first-order valence-corrected chi connectivity index (χ1v) is 8.19. The van der Waals surface area contributed by atoms with Crippen LogP contribution < -0.4 is 0 Å². The van der Waals surface area contributed by atoms with Crippen molar-refractivity contribution >= 4 is 35.7 Å². The topological polar surface area (TPSA) is 8.72 Å². The molecule has 0 aliphatic rings. The van der Waals surface area contributed by atoms with E-state index in [9.17, 15) is 0 Å². The third-order valence-electron chi connectivity index (χ3n) is 3.92. The van der Waals surface area contributed by atoms with Gasteiger partial charge < -0.3 is 0 Å². The number of nitrogens with zero attached hydrogens (tertiary/aromatic N) is 2. The first-order chi connectivity index (χ1) is 12.8. The molecule has 0 N–H and O–H groups in total. The van der Waals surface area contributed by atoms with Crippen LogP contribution in [0.2, 0.25) is 0 Å².